The third kappa shape index (κ3) is 3.51. The number of amides is 1. The molecule has 4 nitrogen and oxygen atoms in total. The second kappa shape index (κ2) is 6.61. The quantitative estimate of drug-likeness (QED) is 0.908. The van der Waals surface area contributed by atoms with E-state index in [-0.39, 0.29) is 12.5 Å². The lowest BCUT2D eigenvalue weighted by Crippen LogP contribution is -2.32. The number of rotatable bonds is 5. The summed E-state index contributed by atoms with van der Waals surface area (Å²) in [6.07, 6.45) is 0. The Bertz CT molecular complexity index is 570. The van der Waals surface area contributed by atoms with E-state index in [4.69, 9.17) is 4.74 Å². The number of carbonyl (C=O) groups is 1. The largest absolute Gasteiger partial charge is 0.497 e. The van der Waals surface area contributed by atoms with Crippen molar-refractivity contribution in [3.63, 3.8) is 0 Å². The maximum absolute atomic E-state index is 12.1. The molecule has 1 amide bonds. The van der Waals surface area contributed by atoms with Gasteiger partial charge >= 0.3 is 0 Å². The van der Waals surface area contributed by atoms with E-state index in [0.717, 1.165) is 17.1 Å². The molecule has 1 N–H and O–H groups in total. The van der Waals surface area contributed by atoms with Crippen molar-refractivity contribution in [2.24, 2.45) is 0 Å². The molecule has 0 bridgehead atoms. The second-order valence-corrected chi connectivity index (χ2v) is 4.37. The van der Waals surface area contributed by atoms with Crippen molar-refractivity contribution in [2.75, 3.05) is 30.9 Å². The Morgan fingerprint density at radius 3 is 2.60 bits per heavy atom. The first-order valence-electron chi connectivity index (χ1n) is 6.40. The Labute approximate surface area is 119 Å². The van der Waals surface area contributed by atoms with Crippen LogP contribution in [0.2, 0.25) is 0 Å². The zero-order valence-electron chi connectivity index (χ0n) is 11.7. The Balaban J connectivity index is 1.95. The molecule has 0 aliphatic heterocycles. The number of anilines is 2. The molecule has 0 fully saturated rings. The van der Waals surface area contributed by atoms with E-state index in [0.29, 0.717) is 0 Å². The van der Waals surface area contributed by atoms with Crippen molar-refractivity contribution in [2.45, 2.75) is 0 Å². The Morgan fingerprint density at radius 2 is 1.90 bits per heavy atom. The summed E-state index contributed by atoms with van der Waals surface area (Å²) in [5.41, 5.74) is 1.74. The number of nitrogens with zero attached hydrogens (tertiary/aromatic N) is 1. The van der Waals surface area contributed by atoms with E-state index in [1.807, 2.05) is 54.6 Å². The van der Waals surface area contributed by atoms with Gasteiger partial charge in [0, 0.05) is 24.5 Å². The van der Waals surface area contributed by atoms with Crippen LogP contribution in [0.4, 0.5) is 11.4 Å². The minimum absolute atomic E-state index is 0.000908. The van der Waals surface area contributed by atoms with Crippen LogP contribution in [0.5, 0.6) is 5.75 Å². The van der Waals surface area contributed by atoms with E-state index in [1.54, 1.807) is 19.1 Å². The summed E-state index contributed by atoms with van der Waals surface area (Å²) >= 11 is 0. The van der Waals surface area contributed by atoms with Gasteiger partial charge in [-0.15, -0.1) is 0 Å². The highest BCUT2D eigenvalue weighted by Gasteiger charge is 2.10. The molecule has 4 heteroatoms. The molecule has 0 spiro atoms. The molecule has 20 heavy (non-hydrogen) atoms. The number of likely N-dealkylation sites (N-methyl/N-ethyl adjacent to an activating group) is 1. The minimum Gasteiger partial charge on any atom is -0.497 e. The predicted molar refractivity (Wildman–Crippen MR) is 81.3 cm³/mol. The van der Waals surface area contributed by atoms with Gasteiger partial charge in [-0.1, -0.05) is 24.3 Å². The lowest BCUT2D eigenvalue weighted by Gasteiger charge is -2.18. The lowest BCUT2D eigenvalue weighted by atomic mass is 10.3. The number of para-hydroxylation sites is 1. The van der Waals surface area contributed by atoms with Crippen LogP contribution in [-0.4, -0.2) is 26.6 Å². The number of ether oxygens (including phenoxy) is 1. The SMILES string of the molecule is COc1cccc(NCC(=O)N(C)c2ccccc2)c1. The average molecular weight is 270 g/mol. The van der Waals surface area contributed by atoms with Crippen LogP contribution in [0.1, 0.15) is 0 Å². The van der Waals surface area contributed by atoms with Crippen molar-refractivity contribution in [1.29, 1.82) is 0 Å². The third-order valence-electron chi connectivity index (χ3n) is 3.03. The Morgan fingerprint density at radius 1 is 1.15 bits per heavy atom. The van der Waals surface area contributed by atoms with Crippen LogP contribution in [-0.2, 0) is 4.79 Å². The predicted octanol–water partition coefficient (Wildman–Crippen LogP) is 2.77. The smallest absolute Gasteiger partial charge is 0.246 e. The van der Waals surface area contributed by atoms with Gasteiger partial charge in [-0.05, 0) is 24.3 Å². The molecule has 2 aromatic carbocycles. The summed E-state index contributed by atoms with van der Waals surface area (Å²) in [7, 11) is 3.39. The van der Waals surface area contributed by atoms with Crippen molar-refractivity contribution >= 4 is 17.3 Å². The van der Waals surface area contributed by atoms with Crippen LogP contribution in [0.25, 0.3) is 0 Å². The van der Waals surface area contributed by atoms with Crippen LogP contribution in [0.15, 0.2) is 54.6 Å². The molecule has 0 aromatic heterocycles. The van der Waals surface area contributed by atoms with Gasteiger partial charge in [0.05, 0.1) is 13.7 Å². The normalized spacial score (nSPS) is 9.90. The van der Waals surface area contributed by atoms with Gasteiger partial charge < -0.3 is 15.0 Å². The summed E-state index contributed by atoms with van der Waals surface area (Å²) in [6.45, 7) is 0.235. The number of carbonyl (C=O) groups excluding carboxylic acids is 1. The molecule has 2 rings (SSSR count). The van der Waals surface area contributed by atoms with Crippen LogP contribution >= 0.6 is 0 Å². The van der Waals surface area contributed by atoms with Gasteiger partial charge in [0.1, 0.15) is 5.75 Å². The van der Waals surface area contributed by atoms with Crippen LogP contribution < -0.4 is 15.0 Å². The number of nitrogens with one attached hydrogen (secondary N) is 1. The molecule has 104 valence electrons. The van der Waals surface area contributed by atoms with E-state index < -0.39 is 0 Å². The van der Waals surface area contributed by atoms with E-state index >= 15 is 0 Å². The van der Waals surface area contributed by atoms with Gasteiger partial charge in [-0.2, -0.15) is 0 Å². The van der Waals surface area contributed by atoms with Gasteiger partial charge in [0.2, 0.25) is 5.91 Å². The third-order valence-corrected chi connectivity index (χ3v) is 3.03. The molecule has 0 saturated carbocycles. The Hall–Kier alpha value is -2.49. The first-order chi connectivity index (χ1) is 9.70. The van der Waals surface area contributed by atoms with E-state index in [2.05, 4.69) is 5.32 Å². The van der Waals surface area contributed by atoms with Crippen molar-refractivity contribution in [3.8, 4) is 5.75 Å². The monoisotopic (exact) mass is 270 g/mol. The fraction of sp³-hybridized carbons (Fsp3) is 0.188. The number of methoxy groups -OCH3 is 1. The fourth-order valence-electron chi connectivity index (χ4n) is 1.82. The lowest BCUT2D eigenvalue weighted by molar-refractivity contribution is -0.116. The first-order valence-corrected chi connectivity index (χ1v) is 6.40. The average Bonchev–Trinajstić information content (AvgIpc) is 2.53. The standard InChI is InChI=1S/C16H18N2O2/c1-18(14-8-4-3-5-9-14)16(19)12-17-13-7-6-10-15(11-13)20-2/h3-11,17H,12H2,1-2H3. The topological polar surface area (TPSA) is 41.6 Å². The number of hydrogen-bond acceptors (Lipinski definition) is 3. The second-order valence-electron chi connectivity index (χ2n) is 4.37. The maximum Gasteiger partial charge on any atom is 0.246 e. The van der Waals surface area contributed by atoms with Gasteiger partial charge in [0.25, 0.3) is 0 Å². The zero-order valence-corrected chi connectivity index (χ0v) is 11.7. The number of hydrogen-bond donors (Lipinski definition) is 1. The molecule has 0 aliphatic carbocycles. The molecule has 0 atom stereocenters. The van der Waals surface area contributed by atoms with Crippen LogP contribution in [0.3, 0.4) is 0 Å². The van der Waals surface area contributed by atoms with Crippen molar-refractivity contribution in [3.05, 3.63) is 54.6 Å². The molecule has 0 aliphatic rings. The first kappa shape index (κ1) is 13.9. The maximum atomic E-state index is 12.1. The highest BCUT2D eigenvalue weighted by Crippen LogP contribution is 2.17. The summed E-state index contributed by atoms with van der Waals surface area (Å²) in [6, 6.07) is 17.1. The zero-order chi connectivity index (χ0) is 14.4. The van der Waals surface area contributed by atoms with E-state index in [9.17, 15) is 4.79 Å². The van der Waals surface area contributed by atoms with Crippen LogP contribution in [0, 0.1) is 0 Å². The van der Waals surface area contributed by atoms with E-state index in [1.165, 1.54) is 0 Å². The fourth-order valence-corrected chi connectivity index (χ4v) is 1.82. The Kier molecular flexibility index (Phi) is 4.60. The molecular weight excluding hydrogens is 252 g/mol. The van der Waals surface area contributed by atoms with Crippen molar-refractivity contribution in [1.82, 2.24) is 0 Å². The molecule has 0 unspecified atom stereocenters. The minimum atomic E-state index is -0.000908. The van der Waals surface area contributed by atoms with Gasteiger partial charge in [-0.25, -0.2) is 0 Å². The molecule has 0 radical (unpaired) electrons. The molecule has 0 saturated heterocycles. The molecule has 0 heterocycles. The van der Waals surface area contributed by atoms with Crippen molar-refractivity contribution < 1.29 is 9.53 Å². The number of benzene rings is 2. The highest BCUT2D eigenvalue weighted by atomic mass is 16.5. The summed E-state index contributed by atoms with van der Waals surface area (Å²) in [4.78, 5) is 13.7. The molecule has 2 aromatic rings. The molecular formula is C16H18N2O2. The highest BCUT2D eigenvalue weighted by molar-refractivity contribution is 5.95. The summed E-state index contributed by atoms with van der Waals surface area (Å²) in [5.74, 6) is 0.762. The van der Waals surface area contributed by atoms with Gasteiger partial charge in [0.15, 0.2) is 0 Å². The summed E-state index contributed by atoms with van der Waals surface area (Å²) < 4.78 is 5.14. The van der Waals surface area contributed by atoms with Gasteiger partial charge in [-0.3, -0.25) is 4.79 Å². The summed E-state index contributed by atoms with van der Waals surface area (Å²) in [5, 5.41) is 3.10.